The van der Waals surface area contributed by atoms with Crippen LogP contribution in [0.25, 0.3) is 0 Å². The minimum Gasteiger partial charge on any atom is -0.379 e. The first kappa shape index (κ1) is 16.9. The Bertz CT molecular complexity index is 243. The van der Waals surface area contributed by atoms with E-state index in [2.05, 4.69) is 39.5 Å². The Morgan fingerprint density at radius 1 is 1.16 bits per heavy atom. The molecule has 1 aliphatic rings. The molecule has 1 heterocycles. The fourth-order valence-corrected chi connectivity index (χ4v) is 2.55. The third kappa shape index (κ3) is 5.80. The first-order chi connectivity index (χ1) is 8.83. The summed E-state index contributed by atoms with van der Waals surface area (Å²) in [6.45, 7) is 16.5. The summed E-state index contributed by atoms with van der Waals surface area (Å²) < 4.78 is 5.57. The Balaban J connectivity index is 2.51. The van der Waals surface area contributed by atoms with Gasteiger partial charge in [-0.3, -0.25) is 0 Å². The second-order valence-electron chi connectivity index (χ2n) is 7.42. The summed E-state index contributed by atoms with van der Waals surface area (Å²) in [5.41, 5.74) is 6.35. The van der Waals surface area contributed by atoms with E-state index in [1.165, 1.54) is 25.9 Å². The van der Waals surface area contributed by atoms with Gasteiger partial charge in [-0.05, 0) is 37.8 Å². The molecule has 0 amide bonds. The van der Waals surface area contributed by atoms with E-state index in [-0.39, 0.29) is 11.5 Å². The second kappa shape index (κ2) is 7.61. The van der Waals surface area contributed by atoms with E-state index in [1.54, 1.807) is 0 Å². The highest BCUT2D eigenvalue weighted by Gasteiger charge is 2.38. The van der Waals surface area contributed by atoms with Gasteiger partial charge >= 0.3 is 0 Å². The van der Waals surface area contributed by atoms with Crippen LogP contribution in [-0.4, -0.2) is 43.8 Å². The smallest absolute Gasteiger partial charge is 0.0624 e. The first-order valence-electron chi connectivity index (χ1n) is 7.89. The molecule has 0 radical (unpaired) electrons. The van der Waals surface area contributed by atoms with Gasteiger partial charge in [0.15, 0.2) is 0 Å². The topological polar surface area (TPSA) is 38.5 Å². The third-order valence-electron chi connectivity index (χ3n) is 4.25. The van der Waals surface area contributed by atoms with Crippen LogP contribution in [0.5, 0.6) is 0 Å². The maximum Gasteiger partial charge on any atom is 0.0624 e. The van der Waals surface area contributed by atoms with Crippen LogP contribution in [0.1, 0.15) is 47.5 Å². The van der Waals surface area contributed by atoms with Gasteiger partial charge in [-0.25, -0.2) is 0 Å². The molecule has 1 aliphatic heterocycles. The Labute approximate surface area is 119 Å². The van der Waals surface area contributed by atoms with E-state index < -0.39 is 0 Å². The highest BCUT2D eigenvalue weighted by molar-refractivity contribution is 4.92. The molecule has 3 nitrogen and oxygen atoms in total. The van der Waals surface area contributed by atoms with Crippen molar-refractivity contribution in [2.45, 2.75) is 53.5 Å². The zero-order chi connectivity index (χ0) is 14.5. The minimum atomic E-state index is 0.133. The lowest BCUT2D eigenvalue weighted by Crippen LogP contribution is -2.47. The fourth-order valence-electron chi connectivity index (χ4n) is 2.55. The summed E-state index contributed by atoms with van der Waals surface area (Å²) in [6, 6.07) is 0.188. The molecule has 1 rings (SSSR count). The number of rotatable bonds is 8. The summed E-state index contributed by atoms with van der Waals surface area (Å²) in [6.07, 6.45) is 2.54. The highest BCUT2D eigenvalue weighted by atomic mass is 16.5. The normalized spacial score (nSPS) is 27.9. The van der Waals surface area contributed by atoms with E-state index in [9.17, 15) is 0 Å². The molecule has 2 unspecified atom stereocenters. The average molecular weight is 270 g/mol. The maximum absolute atomic E-state index is 6.22. The summed E-state index contributed by atoms with van der Waals surface area (Å²) in [5, 5.41) is 0. The van der Waals surface area contributed by atoms with Gasteiger partial charge in [-0.2, -0.15) is 0 Å². The fraction of sp³-hybridized carbons (Fsp3) is 1.00. The summed E-state index contributed by atoms with van der Waals surface area (Å²) in [4.78, 5) is 2.61. The first-order valence-corrected chi connectivity index (χ1v) is 7.89. The third-order valence-corrected chi connectivity index (χ3v) is 4.25. The van der Waals surface area contributed by atoms with E-state index in [0.29, 0.717) is 0 Å². The highest BCUT2D eigenvalue weighted by Crippen LogP contribution is 2.28. The molecule has 1 fully saturated rings. The molecule has 2 atom stereocenters. The molecule has 3 heteroatoms. The maximum atomic E-state index is 6.22. The second-order valence-corrected chi connectivity index (χ2v) is 7.42. The van der Waals surface area contributed by atoms with Crippen LogP contribution >= 0.6 is 0 Å². The molecule has 1 saturated heterocycles. The molecule has 2 N–H and O–H groups in total. The predicted octanol–water partition coefficient (Wildman–Crippen LogP) is 2.74. The number of nitrogens with zero attached hydrogens (tertiary/aromatic N) is 1. The molecule has 0 aromatic carbocycles. The van der Waals surface area contributed by atoms with Crippen LogP contribution < -0.4 is 5.73 Å². The van der Waals surface area contributed by atoms with Crippen molar-refractivity contribution in [2.75, 3.05) is 32.8 Å². The predicted molar refractivity (Wildman–Crippen MR) is 82.3 cm³/mol. The van der Waals surface area contributed by atoms with Crippen molar-refractivity contribution in [3.8, 4) is 0 Å². The molecule has 0 aliphatic carbocycles. The molecule has 0 bridgehead atoms. The van der Waals surface area contributed by atoms with Gasteiger partial charge in [-0.1, -0.05) is 34.6 Å². The zero-order valence-corrected chi connectivity index (χ0v) is 13.6. The number of nitrogens with two attached hydrogens (primary N) is 1. The van der Waals surface area contributed by atoms with E-state index in [4.69, 9.17) is 10.5 Å². The van der Waals surface area contributed by atoms with E-state index in [1.807, 2.05) is 0 Å². The number of hydrogen-bond acceptors (Lipinski definition) is 3. The number of ether oxygens (including phenoxy) is 1. The van der Waals surface area contributed by atoms with Crippen molar-refractivity contribution < 1.29 is 4.74 Å². The van der Waals surface area contributed by atoms with Crippen molar-refractivity contribution in [1.82, 2.24) is 4.90 Å². The van der Waals surface area contributed by atoms with Gasteiger partial charge in [0.25, 0.3) is 0 Å². The van der Waals surface area contributed by atoms with Crippen LogP contribution in [0, 0.1) is 17.3 Å². The molecular formula is C16H34N2O. The Hall–Kier alpha value is -0.120. The van der Waals surface area contributed by atoms with Crippen LogP contribution in [0.15, 0.2) is 0 Å². The van der Waals surface area contributed by atoms with Crippen LogP contribution in [0.2, 0.25) is 0 Å². The van der Waals surface area contributed by atoms with Crippen LogP contribution in [0.4, 0.5) is 0 Å². The Morgan fingerprint density at radius 2 is 1.68 bits per heavy atom. The van der Waals surface area contributed by atoms with Crippen molar-refractivity contribution in [3.63, 3.8) is 0 Å². The Morgan fingerprint density at radius 3 is 2.05 bits per heavy atom. The minimum absolute atomic E-state index is 0.133. The standard InChI is InChI=1S/C16H34N2O/c1-13(2)6-8-18(9-7-14(3)4)11-16(5)12-19-10-15(16)17/h13-15H,6-12,17H2,1-5H3. The van der Waals surface area contributed by atoms with Gasteiger partial charge in [-0.15, -0.1) is 0 Å². The van der Waals surface area contributed by atoms with Crippen LogP contribution in [-0.2, 0) is 4.74 Å². The zero-order valence-electron chi connectivity index (χ0n) is 13.6. The monoisotopic (exact) mass is 270 g/mol. The lowest BCUT2D eigenvalue weighted by molar-refractivity contribution is 0.113. The molecular weight excluding hydrogens is 236 g/mol. The van der Waals surface area contributed by atoms with Gasteiger partial charge in [0.2, 0.25) is 0 Å². The average Bonchev–Trinajstić information content (AvgIpc) is 2.63. The van der Waals surface area contributed by atoms with Gasteiger partial charge in [0.05, 0.1) is 13.2 Å². The van der Waals surface area contributed by atoms with Crippen molar-refractivity contribution in [1.29, 1.82) is 0 Å². The van der Waals surface area contributed by atoms with Crippen molar-refractivity contribution in [3.05, 3.63) is 0 Å². The van der Waals surface area contributed by atoms with Gasteiger partial charge < -0.3 is 15.4 Å². The van der Waals surface area contributed by atoms with Gasteiger partial charge in [0.1, 0.15) is 0 Å². The lowest BCUT2D eigenvalue weighted by Gasteiger charge is -2.35. The van der Waals surface area contributed by atoms with Crippen molar-refractivity contribution >= 4 is 0 Å². The SMILES string of the molecule is CC(C)CCN(CCC(C)C)CC1(C)COCC1N. The van der Waals surface area contributed by atoms with E-state index in [0.717, 1.165) is 31.6 Å². The molecule has 0 spiro atoms. The largest absolute Gasteiger partial charge is 0.379 e. The molecule has 114 valence electrons. The molecule has 19 heavy (non-hydrogen) atoms. The number of hydrogen-bond donors (Lipinski definition) is 1. The van der Waals surface area contributed by atoms with Crippen molar-refractivity contribution in [2.24, 2.45) is 23.0 Å². The molecule has 0 saturated carbocycles. The summed E-state index contributed by atoms with van der Waals surface area (Å²) >= 11 is 0. The van der Waals surface area contributed by atoms with E-state index >= 15 is 0 Å². The summed E-state index contributed by atoms with van der Waals surface area (Å²) in [5.74, 6) is 1.53. The molecule has 0 aromatic heterocycles. The molecule has 0 aromatic rings. The van der Waals surface area contributed by atoms with Gasteiger partial charge in [0, 0.05) is 18.0 Å². The van der Waals surface area contributed by atoms with Crippen LogP contribution in [0.3, 0.4) is 0 Å². The lowest BCUT2D eigenvalue weighted by atomic mass is 9.85. The quantitative estimate of drug-likeness (QED) is 0.737. The Kier molecular flexibility index (Phi) is 6.78. The summed E-state index contributed by atoms with van der Waals surface area (Å²) in [7, 11) is 0.